The Hall–Kier alpha value is -0.0231. The second-order valence-electron chi connectivity index (χ2n) is 5.37. The van der Waals surface area contributed by atoms with Crippen molar-refractivity contribution in [2.24, 2.45) is 0 Å². The Bertz CT molecular complexity index is 197. The van der Waals surface area contributed by atoms with E-state index in [0.29, 0.717) is 18.1 Å². The zero-order valence-corrected chi connectivity index (χ0v) is 12.6. The third-order valence-corrected chi connectivity index (χ3v) is 8.99. The molecule has 0 amide bonds. The van der Waals surface area contributed by atoms with Gasteiger partial charge in [0, 0.05) is 0 Å². The summed E-state index contributed by atoms with van der Waals surface area (Å²) in [5, 5.41) is 56.1. The lowest BCUT2D eigenvalue weighted by Gasteiger charge is -2.36. The topological polar surface area (TPSA) is 121 Å². The van der Waals surface area contributed by atoms with Crippen molar-refractivity contribution >= 4 is 8.07 Å². The standard InChI is InChI=1S/C12H28O6Si/c1-2-3-19(7-10(16)4-13,8-11(17)5-14)9-12(18)6-15/h10-18H,2-9H2,1H3. The molecule has 0 radical (unpaired) electrons. The average molecular weight is 296 g/mol. The zero-order chi connectivity index (χ0) is 14.9. The van der Waals surface area contributed by atoms with E-state index in [1.807, 2.05) is 6.92 Å². The summed E-state index contributed by atoms with van der Waals surface area (Å²) in [6.45, 7) is 0.901. The maximum absolute atomic E-state index is 9.69. The summed E-state index contributed by atoms with van der Waals surface area (Å²) in [6.07, 6.45) is -1.80. The largest absolute Gasteiger partial charge is 0.394 e. The molecule has 0 aromatic carbocycles. The summed E-state index contributed by atoms with van der Waals surface area (Å²) in [5.74, 6) is 0. The lowest BCUT2D eigenvalue weighted by molar-refractivity contribution is 0.0938. The van der Waals surface area contributed by atoms with Gasteiger partial charge >= 0.3 is 0 Å². The van der Waals surface area contributed by atoms with Gasteiger partial charge in [-0.05, 0) is 18.1 Å². The van der Waals surface area contributed by atoms with Crippen molar-refractivity contribution in [1.29, 1.82) is 0 Å². The van der Waals surface area contributed by atoms with E-state index in [2.05, 4.69) is 0 Å². The highest BCUT2D eigenvalue weighted by Gasteiger charge is 2.37. The number of hydrogen-bond donors (Lipinski definition) is 6. The van der Waals surface area contributed by atoms with Crippen LogP contribution in [0.1, 0.15) is 13.3 Å². The van der Waals surface area contributed by atoms with Crippen molar-refractivity contribution in [2.45, 2.75) is 55.8 Å². The van der Waals surface area contributed by atoms with Crippen LogP contribution in [-0.4, -0.2) is 76.8 Å². The molecule has 0 aliphatic carbocycles. The predicted octanol–water partition coefficient (Wildman–Crippen LogP) is -1.10. The van der Waals surface area contributed by atoms with Crippen LogP contribution < -0.4 is 0 Å². The van der Waals surface area contributed by atoms with Crippen molar-refractivity contribution in [3.8, 4) is 0 Å². The Balaban J connectivity index is 4.96. The minimum absolute atomic E-state index is 0.353. The van der Waals surface area contributed by atoms with Crippen molar-refractivity contribution in [3.63, 3.8) is 0 Å². The average Bonchev–Trinajstić information content (AvgIpc) is 2.38. The van der Waals surface area contributed by atoms with E-state index in [4.69, 9.17) is 15.3 Å². The van der Waals surface area contributed by atoms with Gasteiger partial charge in [0.2, 0.25) is 0 Å². The lowest BCUT2D eigenvalue weighted by atomic mass is 10.4. The van der Waals surface area contributed by atoms with E-state index < -0.39 is 26.4 Å². The first-order chi connectivity index (χ1) is 8.92. The van der Waals surface area contributed by atoms with E-state index in [-0.39, 0.29) is 19.8 Å². The molecule has 0 aliphatic heterocycles. The molecule has 0 fully saturated rings. The number of hydrogen-bond acceptors (Lipinski definition) is 6. The second kappa shape index (κ2) is 9.81. The molecule has 6 nitrogen and oxygen atoms in total. The fraction of sp³-hybridized carbons (Fsp3) is 1.00. The first kappa shape index (κ1) is 19.0. The first-order valence-corrected chi connectivity index (χ1v) is 9.62. The number of aliphatic hydroxyl groups excluding tert-OH is 6. The van der Waals surface area contributed by atoms with Crippen LogP contribution in [-0.2, 0) is 0 Å². The molecule has 0 rings (SSSR count). The highest BCUT2D eigenvalue weighted by atomic mass is 28.3. The molecule has 0 heterocycles. The van der Waals surface area contributed by atoms with Crippen LogP contribution in [0.3, 0.4) is 0 Å². The summed E-state index contributed by atoms with van der Waals surface area (Å²) >= 11 is 0. The molecular weight excluding hydrogens is 268 g/mol. The van der Waals surface area contributed by atoms with Gasteiger partial charge in [0.15, 0.2) is 0 Å². The Morgan fingerprint density at radius 3 is 1.26 bits per heavy atom. The fourth-order valence-corrected chi connectivity index (χ4v) is 8.34. The van der Waals surface area contributed by atoms with Crippen LogP contribution in [0.15, 0.2) is 0 Å². The Morgan fingerprint density at radius 1 is 0.737 bits per heavy atom. The maximum Gasteiger partial charge on any atom is 0.0747 e. The highest BCUT2D eigenvalue weighted by molar-refractivity contribution is 6.80. The van der Waals surface area contributed by atoms with E-state index >= 15 is 0 Å². The van der Waals surface area contributed by atoms with Crippen molar-refractivity contribution in [1.82, 2.24) is 0 Å². The van der Waals surface area contributed by atoms with Gasteiger partial charge in [-0.3, -0.25) is 0 Å². The summed E-state index contributed by atoms with van der Waals surface area (Å²) in [6, 6.07) is 1.82. The Kier molecular flexibility index (Phi) is 9.80. The molecular formula is C12H28O6Si. The lowest BCUT2D eigenvalue weighted by Crippen LogP contribution is -2.45. The van der Waals surface area contributed by atoms with Gasteiger partial charge in [-0.15, -0.1) is 0 Å². The monoisotopic (exact) mass is 296 g/mol. The van der Waals surface area contributed by atoms with Crippen molar-refractivity contribution < 1.29 is 30.6 Å². The van der Waals surface area contributed by atoms with E-state index in [0.717, 1.165) is 12.5 Å². The molecule has 0 spiro atoms. The molecule has 3 atom stereocenters. The summed E-state index contributed by atoms with van der Waals surface area (Å²) in [4.78, 5) is 0. The summed E-state index contributed by atoms with van der Waals surface area (Å²) in [7, 11) is -2.28. The third-order valence-electron chi connectivity index (χ3n) is 3.42. The smallest absolute Gasteiger partial charge is 0.0747 e. The fourth-order valence-electron chi connectivity index (χ4n) is 2.78. The van der Waals surface area contributed by atoms with Gasteiger partial charge in [-0.25, -0.2) is 0 Å². The normalized spacial score (nSPS) is 19.7. The molecule has 3 unspecified atom stereocenters. The van der Waals surface area contributed by atoms with Crippen LogP contribution >= 0.6 is 0 Å². The van der Waals surface area contributed by atoms with Crippen LogP contribution in [0.25, 0.3) is 0 Å². The Morgan fingerprint density at radius 2 is 1.05 bits per heavy atom. The van der Waals surface area contributed by atoms with Gasteiger partial charge in [-0.1, -0.05) is 19.4 Å². The molecule has 0 saturated carbocycles. The van der Waals surface area contributed by atoms with Gasteiger partial charge in [0.05, 0.1) is 46.2 Å². The molecule has 0 aromatic rings. The van der Waals surface area contributed by atoms with Crippen molar-refractivity contribution in [2.75, 3.05) is 19.8 Å². The molecule has 6 N–H and O–H groups in total. The molecule has 19 heavy (non-hydrogen) atoms. The van der Waals surface area contributed by atoms with E-state index in [1.54, 1.807) is 0 Å². The minimum atomic E-state index is -2.28. The van der Waals surface area contributed by atoms with Gasteiger partial charge in [0.25, 0.3) is 0 Å². The van der Waals surface area contributed by atoms with Crippen molar-refractivity contribution in [3.05, 3.63) is 0 Å². The van der Waals surface area contributed by atoms with E-state index in [1.165, 1.54) is 0 Å². The molecule has 0 bridgehead atoms. The molecule has 0 aliphatic rings. The van der Waals surface area contributed by atoms with Crippen LogP contribution in [0, 0.1) is 0 Å². The minimum Gasteiger partial charge on any atom is -0.394 e. The second-order valence-corrected chi connectivity index (χ2v) is 10.1. The summed E-state index contributed by atoms with van der Waals surface area (Å²) < 4.78 is 0. The van der Waals surface area contributed by atoms with E-state index in [9.17, 15) is 15.3 Å². The highest BCUT2D eigenvalue weighted by Crippen LogP contribution is 2.31. The van der Waals surface area contributed by atoms with Crippen LogP contribution in [0.2, 0.25) is 24.2 Å². The molecule has 0 saturated heterocycles. The molecule has 0 aromatic heterocycles. The number of aliphatic hydroxyl groups is 6. The van der Waals surface area contributed by atoms with Gasteiger partial charge < -0.3 is 30.6 Å². The third kappa shape index (κ3) is 7.36. The quantitative estimate of drug-likeness (QED) is 0.269. The SMILES string of the molecule is CCC[Si](CC(O)CO)(CC(O)CO)CC(O)CO. The molecule has 116 valence electrons. The van der Waals surface area contributed by atoms with Gasteiger partial charge in [-0.2, -0.15) is 0 Å². The number of rotatable bonds is 11. The molecule has 7 heteroatoms. The maximum atomic E-state index is 9.69. The Labute approximate surface area is 115 Å². The zero-order valence-electron chi connectivity index (χ0n) is 11.6. The van der Waals surface area contributed by atoms with Crippen LogP contribution in [0.4, 0.5) is 0 Å². The van der Waals surface area contributed by atoms with Gasteiger partial charge in [0.1, 0.15) is 0 Å². The van der Waals surface area contributed by atoms with Crippen LogP contribution in [0.5, 0.6) is 0 Å². The first-order valence-electron chi connectivity index (χ1n) is 6.79. The summed E-state index contributed by atoms with van der Waals surface area (Å²) in [5.41, 5.74) is 0. The predicted molar refractivity (Wildman–Crippen MR) is 74.6 cm³/mol.